The summed E-state index contributed by atoms with van der Waals surface area (Å²) in [6.45, 7) is 14.2. The number of carbonyl (C=O) groups excluding carboxylic acids is 4. The molecule has 0 saturated heterocycles. The Hall–Kier alpha value is -3.34. The Labute approximate surface area is 230 Å². The highest BCUT2D eigenvalue weighted by Crippen LogP contribution is 2.31. The number of benzene rings is 1. The Bertz CT molecular complexity index is 978. The third-order valence-corrected chi connectivity index (χ3v) is 4.96. The summed E-state index contributed by atoms with van der Waals surface area (Å²) in [5, 5.41) is 3.02. The molecule has 1 rings (SSSR count). The number of methoxy groups -OCH3 is 1. The molecule has 0 radical (unpaired) electrons. The van der Waals surface area contributed by atoms with E-state index in [2.05, 4.69) is 5.32 Å². The maximum absolute atomic E-state index is 12.4. The minimum Gasteiger partial charge on any atom is -0.468 e. The van der Waals surface area contributed by atoms with Crippen molar-refractivity contribution in [2.45, 2.75) is 91.9 Å². The van der Waals surface area contributed by atoms with E-state index in [1.807, 2.05) is 13.8 Å². The van der Waals surface area contributed by atoms with Gasteiger partial charge in [-0.25, -0.2) is 9.59 Å². The molecule has 0 bridgehead atoms. The summed E-state index contributed by atoms with van der Waals surface area (Å²) >= 11 is 0. The van der Waals surface area contributed by atoms with Gasteiger partial charge in [0.15, 0.2) is 11.5 Å². The van der Waals surface area contributed by atoms with Crippen molar-refractivity contribution in [2.24, 2.45) is 5.92 Å². The van der Waals surface area contributed by atoms with Crippen LogP contribution in [-0.2, 0) is 35.0 Å². The predicted molar refractivity (Wildman–Crippen MR) is 143 cm³/mol. The number of carbonyl (C=O) groups is 4. The third-order valence-electron chi connectivity index (χ3n) is 4.96. The average molecular weight is 554 g/mol. The summed E-state index contributed by atoms with van der Waals surface area (Å²) in [6.07, 6.45) is -0.250. The molecule has 11 heteroatoms. The van der Waals surface area contributed by atoms with Crippen LogP contribution >= 0.6 is 0 Å². The number of hydrogen-bond acceptors (Lipinski definition) is 11. The zero-order valence-corrected chi connectivity index (χ0v) is 24.5. The van der Waals surface area contributed by atoms with Gasteiger partial charge in [-0.1, -0.05) is 26.3 Å². The summed E-state index contributed by atoms with van der Waals surface area (Å²) in [7, 11) is 1.26. The summed E-state index contributed by atoms with van der Waals surface area (Å²) in [4.78, 5) is 49.0. The highest BCUT2D eigenvalue weighted by atomic mass is 16.8. The van der Waals surface area contributed by atoms with Gasteiger partial charge >= 0.3 is 24.2 Å². The quantitative estimate of drug-likeness (QED) is 0.163. The second-order valence-electron chi connectivity index (χ2n) is 11.0. The van der Waals surface area contributed by atoms with Crippen molar-refractivity contribution < 1.29 is 47.6 Å². The van der Waals surface area contributed by atoms with E-state index < -0.39 is 35.5 Å². The van der Waals surface area contributed by atoms with Gasteiger partial charge in [0.05, 0.1) is 13.0 Å². The molecule has 1 unspecified atom stereocenters. The Kier molecular flexibility index (Phi) is 13.2. The molecule has 1 N–H and O–H groups in total. The van der Waals surface area contributed by atoms with Crippen LogP contribution in [0.5, 0.6) is 11.5 Å². The Balaban J connectivity index is 3.05. The molecule has 220 valence electrons. The van der Waals surface area contributed by atoms with Crippen LogP contribution in [0.3, 0.4) is 0 Å². The summed E-state index contributed by atoms with van der Waals surface area (Å²) in [5.41, 5.74) is -1.06. The summed E-state index contributed by atoms with van der Waals surface area (Å²) in [6, 6.07) is 3.68. The van der Waals surface area contributed by atoms with Gasteiger partial charge < -0.3 is 33.7 Å². The average Bonchev–Trinajstić information content (AvgIpc) is 2.79. The molecule has 0 aliphatic heterocycles. The first kappa shape index (κ1) is 33.7. The van der Waals surface area contributed by atoms with Gasteiger partial charge in [-0.05, 0) is 72.1 Å². The zero-order chi connectivity index (χ0) is 29.8. The topological polar surface area (TPSA) is 136 Å². The molecule has 39 heavy (non-hydrogen) atoms. The molecule has 2 atom stereocenters. The first-order valence-corrected chi connectivity index (χ1v) is 13.0. The van der Waals surface area contributed by atoms with Crippen molar-refractivity contribution in [2.75, 3.05) is 20.3 Å². The molecule has 1 aromatic carbocycles. The molecule has 0 aliphatic rings. The van der Waals surface area contributed by atoms with Crippen LogP contribution in [0.15, 0.2) is 18.2 Å². The molecule has 0 aromatic heterocycles. The number of rotatable bonds is 12. The molecule has 0 heterocycles. The van der Waals surface area contributed by atoms with Gasteiger partial charge in [-0.3, -0.25) is 9.59 Å². The van der Waals surface area contributed by atoms with E-state index in [0.29, 0.717) is 5.56 Å². The minimum absolute atomic E-state index is 0.0745. The minimum atomic E-state index is -1.00. The van der Waals surface area contributed by atoms with Crippen molar-refractivity contribution in [1.29, 1.82) is 0 Å². The zero-order valence-electron chi connectivity index (χ0n) is 24.5. The second-order valence-corrected chi connectivity index (χ2v) is 11.0. The fraction of sp³-hybridized carbons (Fsp3) is 0.643. The maximum atomic E-state index is 12.4. The summed E-state index contributed by atoms with van der Waals surface area (Å²) < 4.78 is 31.2. The van der Waals surface area contributed by atoms with Crippen LogP contribution in [0, 0.1) is 5.92 Å². The van der Waals surface area contributed by atoms with E-state index in [9.17, 15) is 19.2 Å². The molecule has 0 fully saturated rings. The lowest BCUT2D eigenvalue weighted by Gasteiger charge is -2.21. The van der Waals surface area contributed by atoms with E-state index in [4.69, 9.17) is 28.4 Å². The Morgan fingerprint density at radius 1 is 0.872 bits per heavy atom. The van der Waals surface area contributed by atoms with Crippen LogP contribution in [0.4, 0.5) is 9.59 Å². The highest BCUT2D eigenvalue weighted by Gasteiger charge is 2.25. The van der Waals surface area contributed by atoms with Crippen molar-refractivity contribution in [3.05, 3.63) is 23.8 Å². The standard InChI is InChI=1S/C28H43NO10/c1-10-11-18(2)23(30)35-15-14-29-20(24(31)34-9)16-19-12-13-21(36-25(32)38-27(3,4)5)22(17-19)37-26(33)39-28(6,7)8/h12-13,17-18,20,29H,10-11,14-16H2,1-9H3/t18?,20-/m0/s1. The van der Waals surface area contributed by atoms with Gasteiger partial charge in [0.25, 0.3) is 0 Å². The lowest BCUT2D eigenvalue weighted by Crippen LogP contribution is -2.41. The SMILES string of the molecule is CCCC(C)C(=O)OCCN[C@@H](Cc1ccc(OC(=O)OC(C)(C)C)c(OC(=O)OC(C)(C)C)c1)C(=O)OC. The monoisotopic (exact) mass is 553 g/mol. The molecule has 0 aliphatic carbocycles. The van der Waals surface area contributed by atoms with Crippen LogP contribution in [0.1, 0.15) is 73.8 Å². The second kappa shape index (κ2) is 15.3. The van der Waals surface area contributed by atoms with Gasteiger partial charge in [-0.15, -0.1) is 0 Å². The fourth-order valence-electron chi connectivity index (χ4n) is 3.26. The number of esters is 2. The van der Waals surface area contributed by atoms with E-state index >= 15 is 0 Å². The molecule has 1 aromatic rings. The summed E-state index contributed by atoms with van der Waals surface area (Å²) in [5.74, 6) is -1.21. The number of ether oxygens (including phenoxy) is 6. The van der Waals surface area contributed by atoms with Crippen LogP contribution in [0.25, 0.3) is 0 Å². The largest absolute Gasteiger partial charge is 0.514 e. The normalized spacial score (nSPS) is 13.1. The van der Waals surface area contributed by atoms with Crippen LogP contribution in [0.2, 0.25) is 0 Å². The van der Waals surface area contributed by atoms with E-state index in [-0.39, 0.29) is 43.0 Å². The molecule has 0 spiro atoms. The van der Waals surface area contributed by atoms with Crippen molar-refractivity contribution in [3.63, 3.8) is 0 Å². The lowest BCUT2D eigenvalue weighted by molar-refractivity contribution is -0.148. The van der Waals surface area contributed by atoms with Gasteiger partial charge in [0, 0.05) is 6.54 Å². The molecular formula is C28H43NO10. The first-order chi connectivity index (χ1) is 18.0. The van der Waals surface area contributed by atoms with Crippen molar-refractivity contribution >= 4 is 24.2 Å². The maximum Gasteiger partial charge on any atom is 0.514 e. The highest BCUT2D eigenvalue weighted by molar-refractivity contribution is 5.76. The number of nitrogens with one attached hydrogen (secondary N) is 1. The predicted octanol–water partition coefficient (Wildman–Crippen LogP) is 4.97. The van der Waals surface area contributed by atoms with Gasteiger partial charge in [0.2, 0.25) is 0 Å². The fourth-order valence-corrected chi connectivity index (χ4v) is 3.26. The van der Waals surface area contributed by atoms with Crippen molar-refractivity contribution in [1.82, 2.24) is 5.32 Å². The van der Waals surface area contributed by atoms with E-state index in [0.717, 1.165) is 12.8 Å². The van der Waals surface area contributed by atoms with E-state index in [1.54, 1.807) is 47.6 Å². The lowest BCUT2D eigenvalue weighted by atomic mass is 10.1. The first-order valence-electron chi connectivity index (χ1n) is 13.0. The molecule has 11 nitrogen and oxygen atoms in total. The van der Waals surface area contributed by atoms with Crippen LogP contribution < -0.4 is 14.8 Å². The molecule has 0 saturated carbocycles. The third kappa shape index (κ3) is 13.9. The smallest absolute Gasteiger partial charge is 0.468 e. The van der Waals surface area contributed by atoms with E-state index in [1.165, 1.54) is 19.2 Å². The molecular weight excluding hydrogens is 510 g/mol. The molecule has 0 amide bonds. The Morgan fingerprint density at radius 3 is 1.95 bits per heavy atom. The van der Waals surface area contributed by atoms with Crippen LogP contribution in [-0.4, -0.2) is 61.8 Å². The Morgan fingerprint density at radius 2 is 1.44 bits per heavy atom. The number of hydrogen-bond donors (Lipinski definition) is 1. The van der Waals surface area contributed by atoms with Crippen molar-refractivity contribution in [3.8, 4) is 11.5 Å². The van der Waals surface area contributed by atoms with Gasteiger partial charge in [-0.2, -0.15) is 0 Å². The van der Waals surface area contributed by atoms with Gasteiger partial charge in [0.1, 0.15) is 23.9 Å².